The highest BCUT2D eigenvalue weighted by Crippen LogP contribution is 2.46. The molecule has 12 nitrogen and oxygen atoms in total. The fourth-order valence-corrected chi connectivity index (χ4v) is 9.95. The summed E-state index contributed by atoms with van der Waals surface area (Å²) in [4.78, 5) is 29.9. The summed E-state index contributed by atoms with van der Waals surface area (Å²) in [6, 6.07) is 13.9. The molecular weight excluding hydrogens is 846 g/mol. The minimum Gasteiger partial charge on any atom is -0.496 e. The van der Waals surface area contributed by atoms with Crippen LogP contribution in [0.25, 0.3) is 32.9 Å². The van der Waals surface area contributed by atoms with Gasteiger partial charge in [0.15, 0.2) is 0 Å². The average molecular weight is 903 g/mol. The van der Waals surface area contributed by atoms with Crippen LogP contribution < -0.4 is 14.4 Å². The van der Waals surface area contributed by atoms with Crippen LogP contribution in [0, 0.1) is 27.7 Å². The summed E-state index contributed by atoms with van der Waals surface area (Å²) in [6.07, 6.45) is 1.15. The van der Waals surface area contributed by atoms with Crippen molar-refractivity contribution < 1.29 is 33.6 Å². The number of fused-ring (bicyclic) bond motifs is 4. The molecule has 4 heterocycles. The SMILES string of the molecule is COCCn1c(C(=O)O)cc2c(OC)ccc(N3C[C@@H](C)n4c(c(CCCOc5cc(C)c(Cl)c(C)c5)c5ccc(Cl)c(-c6c(C)nn(COCC[Si](C)(C)C)c6C)c54)C3=O)c21. The van der Waals surface area contributed by atoms with Crippen LogP contribution in [0.1, 0.15) is 68.4 Å². The van der Waals surface area contributed by atoms with Crippen LogP contribution in [0.4, 0.5) is 5.69 Å². The zero-order valence-corrected chi connectivity index (χ0v) is 39.9. The number of rotatable bonds is 17. The summed E-state index contributed by atoms with van der Waals surface area (Å²) < 4.78 is 29.3. The number of nitrogens with zero attached hydrogens (tertiary/aromatic N) is 5. The Morgan fingerprint density at radius 1 is 0.935 bits per heavy atom. The van der Waals surface area contributed by atoms with Crippen LogP contribution in [-0.4, -0.2) is 84.6 Å². The molecule has 62 heavy (non-hydrogen) atoms. The number of hydrogen-bond donors (Lipinski definition) is 1. The first-order valence-electron chi connectivity index (χ1n) is 21.1. The second kappa shape index (κ2) is 18.1. The maximum absolute atomic E-state index is 15.5. The van der Waals surface area contributed by atoms with E-state index < -0.39 is 14.0 Å². The molecule has 0 aliphatic carbocycles. The van der Waals surface area contributed by atoms with E-state index in [0.717, 1.165) is 66.9 Å². The van der Waals surface area contributed by atoms with Crippen LogP contribution in [0.15, 0.2) is 42.5 Å². The molecule has 0 fully saturated rings. The number of anilines is 1. The number of hydrogen-bond acceptors (Lipinski definition) is 7. The fraction of sp³-hybridized carbons (Fsp3) is 0.426. The number of aromatic carboxylic acids is 1. The minimum atomic E-state index is -1.28. The van der Waals surface area contributed by atoms with E-state index >= 15 is 4.79 Å². The number of halogens is 2. The number of methoxy groups -OCH3 is 2. The van der Waals surface area contributed by atoms with Crippen molar-refractivity contribution in [1.29, 1.82) is 0 Å². The molecule has 0 spiro atoms. The predicted molar refractivity (Wildman–Crippen MR) is 250 cm³/mol. The zero-order valence-electron chi connectivity index (χ0n) is 37.4. The topological polar surface area (TPSA) is 122 Å². The molecule has 3 aromatic carbocycles. The number of benzene rings is 3. The van der Waals surface area contributed by atoms with E-state index in [1.807, 2.05) is 62.7 Å². The van der Waals surface area contributed by atoms with E-state index in [4.69, 9.17) is 47.2 Å². The molecule has 1 amide bonds. The number of carboxylic acids is 1. The molecular formula is C47H57Cl2N5O7Si. The van der Waals surface area contributed by atoms with Crippen molar-refractivity contribution in [2.24, 2.45) is 0 Å². The highest BCUT2D eigenvalue weighted by Gasteiger charge is 2.38. The molecule has 1 aliphatic heterocycles. The van der Waals surface area contributed by atoms with Crippen LogP contribution in [-0.2, 0) is 29.2 Å². The number of carbonyl (C=O) groups is 2. The zero-order chi connectivity index (χ0) is 44.8. The molecule has 6 aromatic rings. The van der Waals surface area contributed by atoms with Gasteiger partial charge in [-0.25, -0.2) is 9.48 Å². The van der Waals surface area contributed by atoms with Crippen molar-refractivity contribution in [3.05, 3.63) is 92.0 Å². The number of carboxylic acid groups (broad SMARTS) is 1. The van der Waals surface area contributed by atoms with Gasteiger partial charge in [-0.15, -0.1) is 0 Å². The first-order chi connectivity index (χ1) is 29.5. The quantitative estimate of drug-likeness (QED) is 0.0709. The lowest BCUT2D eigenvalue weighted by molar-refractivity contribution is 0.0683. The van der Waals surface area contributed by atoms with Crippen molar-refractivity contribution in [2.45, 2.75) is 92.5 Å². The van der Waals surface area contributed by atoms with Gasteiger partial charge in [0, 0.05) is 73.5 Å². The molecule has 1 aliphatic rings. The maximum Gasteiger partial charge on any atom is 0.352 e. The van der Waals surface area contributed by atoms with Crippen molar-refractivity contribution in [1.82, 2.24) is 18.9 Å². The van der Waals surface area contributed by atoms with Crippen LogP contribution in [0.5, 0.6) is 11.5 Å². The maximum atomic E-state index is 15.5. The van der Waals surface area contributed by atoms with Gasteiger partial charge in [-0.05, 0) is 107 Å². The van der Waals surface area contributed by atoms with Crippen molar-refractivity contribution in [3.8, 4) is 22.6 Å². The number of aromatic nitrogens is 4. The highest BCUT2D eigenvalue weighted by atomic mass is 35.5. The highest BCUT2D eigenvalue weighted by molar-refractivity contribution is 6.76. The third-order valence-corrected chi connectivity index (χ3v) is 14.5. The summed E-state index contributed by atoms with van der Waals surface area (Å²) in [7, 11) is 1.85. The van der Waals surface area contributed by atoms with Gasteiger partial charge in [-0.3, -0.25) is 4.79 Å². The summed E-state index contributed by atoms with van der Waals surface area (Å²) >= 11 is 13.7. The van der Waals surface area contributed by atoms with E-state index in [2.05, 4.69) is 31.1 Å². The summed E-state index contributed by atoms with van der Waals surface area (Å²) in [5.41, 5.74) is 8.91. The van der Waals surface area contributed by atoms with Gasteiger partial charge in [0.1, 0.15) is 29.6 Å². The van der Waals surface area contributed by atoms with Crippen molar-refractivity contribution >= 4 is 70.6 Å². The van der Waals surface area contributed by atoms with Crippen LogP contribution >= 0.6 is 23.2 Å². The summed E-state index contributed by atoms with van der Waals surface area (Å²) in [5, 5.41) is 18.1. The molecule has 0 saturated carbocycles. The molecule has 0 bridgehead atoms. The standard InChI is InChI=1S/C47H57Cl2N5O7Si/c1-27-22-32(23-28(2)42(27)49)61-18-11-12-33-34-13-14-36(48)41(40-30(4)50-53(31(40)5)26-60-20-21-62(8,9)10)44(34)54-29(3)25-52(46(55)45(33)54)37-15-16-39(59-7)35-24-38(47(56)57)51(43(35)37)17-19-58-6/h13-16,22-24,29H,11-12,17-21,25-26H2,1-10H3,(H,56,57)/t29-/m1/s1. The van der Waals surface area contributed by atoms with Crippen LogP contribution in [0.3, 0.4) is 0 Å². The molecule has 1 N–H and O–H groups in total. The molecule has 15 heteroatoms. The Morgan fingerprint density at radius 3 is 2.32 bits per heavy atom. The Hall–Kier alpha value is -4.79. The summed E-state index contributed by atoms with van der Waals surface area (Å²) in [6.45, 7) is 19.3. The smallest absolute Gasteiger partial charge is 0.352 e. The predicted octanol–water partition coefficient (Wildman–Crippen LogP) is 10.9. The van der Waals surface area contributed by atoms with E-state index in [-0.39, 0.29) is 30.8 Å². The number of carbonyl (C=O) groups excluding carboxylic acids is 1. The van der Waals surface area contributed by atoms with Gasteiger partial charge in [-0.2, -0.15) is 5.10 Å². The lowest BCUT2D eigenvalue weighted by atomic mass is 9.98. The number of aryl methyl sites for hydroxylation is 4. The molecule has 7 rings (SSSR count). The van der Waals surface area contributed by atoms with Gasteiger partial charge in [0.05, 0.1) is 47.8 Å². The largest absolute Gasteiger partial charge is 0.496 e. The Morgan fingerprint density at radius 2 is 1.66 bits per heavy atom. The molecule has 1 atom stereocenters. The number of ether oxygens (including phenoxy) is 4. The lowest BCUT2D eigenvalue weighted by Gasteiger charge is -2.35. The van der Waals surface area contributed by atoms with Crippen LogP contribution in [0.2, 0.25) is 35.7 Å². The third kappa shape index (κ3) is 8.49. The second-order valence-corrected chi connectivity index (χ2v) is 23.9. The van der Waals surface area contributed by atoms with Gasteiger partial charge < -0.3 is 38.1 Å². The molecule has 330 valence electrons. The molecule has 0 saturated heterocycles. The third-order valence-electron chi connectivity index (χ3n) is 11.9. The number of amides is 1. The van der Waals surface area contributed by atoms with E-state index in [9.17, 15) is 9.90 Å². The monoisotopic (exact) mass is 901 g/mol. The Bertz CT molecular complexity index is 2670. The summed E-state index contributed by atoms with van der Waals surface area (Å²) in [5.74, 6) is -0.0447. The van der Waals surface area contributed by atoms with E-state index in [1.165, 1.54) is 0 Å². The Balaban J connectivity index is 1.38. The fourth-order valence-electron chi connectivity index (χ4n) is 8.84. The minimum absolute atomic E-state index is 0.0770. The first kappa shape index (κ1) is 45.2. The van der Waals surface area contributed by atoms with Gasteiger partial charge in [0.2, 0.25) is 0 Å². The molecule has 0 radical (unpaired) electrons. The second-order valence-electron chi connectivity index (χ2n) is 17.5. The van der Waals surface area contributed by atoms with E-state index in [0.29, 0.717) is 72.4 Å². The average Bonchev–Trinajstić information content (AvgIpc) is 3.86. The van der Waals surface area contributed by atoms with Gasteiger partial charge >= 0.3 is 5.97 Å². The molecule has 0 unspecified atom stereocenters. The first-order valence-corrected chi connectivity index (χ1v) is 25.5. The van der Waals surface area contributed by atoms with Crippen molar-refractivity contribution in [3.63, 3.8) is 0 Å². The van der Waals surface area contributed by atoms with Gasteiger partial charge in [0.25, 0.3) is 5.91 Å². The van der Waals surface area contributed by atoms with E-state index in [1.54, 1.807) is 35.8 Å². The Labute approximate surface area is 374 Å². The normalized spacial score (nSPS) is 14.4. The Kier molecular flexibility index (Phi) is 13.2. The lowest BCUT2D eigenvalue weighted by Crippen LogP contribution is -2.43. The van der Waals surface area contributed by atoms with Crippen molar-refractivity contribution in [2.75, 3.05) is 45.5 Å². The molecule has 3 aromatic heterocycles. The van der Waals surface area contributed by atoms with Gasteiger partial charge in [-0.1, -0.05) is 48.9 Å².